The van der Waals surface area contributed by atoms with E-state index in [1.54, 1.807) is 19.1 Å². The largest absolute Gasteiger partial charge is 0.485 e. The topological polar surface area (TPSA) is 78.9 Å². The van der Waals surface area contributed by atoms with Crippen LogP contribution in [0.2, 0.25) is 0 Å². The fraction of sp³-hybridized carbons (Fsp3) is 0.235. The van der Waals surface area contributed by atoms with Crippen LogP contribution < -0.4 is 9.47 Å². The predicted octanol–water partition coefficient (Wildman–Crippen LogP) is 2.94. The molecule has 8 heteroatoms. The van der Waals surface area contributed by atoms with Gasteiger partial charge >= 0.3 is 5.97 Å². The molecule has 1 aromatic rings. The number of benzene rings is 1. The molecule has 0 saturated heterocycles. The van der Waals surface area contributed by atoms with Crippen molar-refractivity contribution >= 4 is 41.1 Å². The lowest BCUT2D eigenvalue weighted by Gasteiger charge is -2.10. The molecular formula is C17H14O6S2. The van der Waals surface area contributed by atoms with E-state index in [1.165, 1.54) is 29.6 Å². The molecule has 2 heterocycles. The van der Waals surface area contributed by atoms with Gasteiger partial charge in [-0.1, -0.05) is 23.5 Å². The highest BCUT2D eigenvalue weighted by atomic mass is 32.2. The number of hydrogen-bond donors (Lipinski definition) is 0. The SMILES string of the molecule is CCOC(=O)COc1ccc2c(c1)C(=O)C(=C1SC=CS1)C(=O)CO2. The number of ketones is 2. The number of carbonyl (C=O) groups is 3. The summed E-state index contributed by atoms with van der Waals surface area (Å²) in [6, 6.07) is 4.62. The van der Waals surface area contributed by atoms with Crippen LogP contribution in [0, 0.1) is 0 Å². The molecule has 0 fully saturated rings. The second kappa shape index (κ2) is 7.79. The molecule has 0 bridgehead atoms. The van der Waals surface area contributed by atoms with Crippen LogP contribution in [0.3, 0.4) is 0 Å². The highest BCUT2D eigenvalue weighted by molar-refractivity contribution is 8.27. The Morgan fingerprint density at radius 3 is 2.72 bits per heavy atom. The summed E-state index contributed by atoms with van der Waals surface area (Å²) in [5.74, 6) is -0.611. The molecule has 130 valence electrons. The van der Waals surface area contributed by atoms with Gasteiger partial charge in [0.2, 0.25) is 11.6 Å². The maximum absolute atomic E-state index is 12.9. The molecule has 0 amide bonds. The van der Waals surface area contributed by atoms with E-state index in [4.69, 9.17) is 14.2 Å². The van der Waals surface area contributed by atoms with Crippen molar-refractivity contribution in [2.75, 3.05) is 19.8 Å². The van der Waals surface area contributed by atoms with E-state index >= 15 is 0 Å². The van der Waals surface area contributed by atoms with Gasteiger partial charge in [-0.2, -0.15) is 0 Å². The maximum Gasteiger partial charge on any atom is 0.344 e. The van der Waals surface area contributed by atoms with E-state index in [0.29, 0.717) is 15.7 Å². The third kappa shape index (κ3) is 3.91. The summed E-state index contributed by atoms with van der Waals surface area (Å²) >= 11 is 2.67. The van der Waals surface area contributed by atoms with Crippen LogP contribution in [0.1, 0.15) is 17.3 Å². The summed E-state index contributed by atoms with van der Waals surface area (Å²) in [4.78, 5) is 36.6. The summed E-state index contributed by atoms with van der Waals surface area (Å²) in [6.45, 7) is 1.52. The number of thioether (sulfide) groups is 2. The normalized spacial score (nSPS) is 16.4. The lowest BCUT2D eigenvalue weighted by atomic mass is 10.0. The molecule has 6 nitrogen and oxygen atoms in total. The zero-order chi connectivity index (χ0) is 17.8. The minimum atomic E-state index is -0.497. The molecule has 1 aromatic carbocycles. The van der Waals surface area contributed by atoms with Crippen molar-refractivity contribution in [1.29, 1.82) is 0 Å². The number of ether oxygens (including phenoxy) is 3. The molecule has 0 aromatic heterocycles. The van der Waals surface area contributed by atoms with E-state index < -0.39 is 11.8 Å². The summed E-state index contributed by atoms with van der Waals surface area (Å²) in [7, 11) is 0. The zero-order valence-electron chi connectivity index (χ0n) is 13.3. The van der Waals surface area contributed by atoms with Crippen LogP contribution in [0.25, 0.3) is 0 Å². The number of Topliss-reactive ketones (excluding diaryl/α,β-unsaturated/α-hetero) is 2. The van der Waals surface area contributed by atoms with E-state index in [1.807, 2.05) is 10.8 Å². The Labute approximate surface area is 152 Å². The molecule has 0 N–H and O–H groups in total. The van der Waals surface area contributed by atoms with Gasteiger partial charge in [0, 0.05) is 0 Å². The second-order valence-electron chi connectivity index (χ2n) is 4.96. The third-order valence-corrected chi connectivity index (χ3v) is 5.46. The number of hydrogen-bond acceptors (Lipinski definition) is 8. The van der Waals surface area contributed by atoms with Crippen LogP contribution in [-0.4, -0.2) is 37.4 Å². The van der Waals surface area contributed by atoms with Gasteiger partial charge in [0.1, 0.15) is 11.5 Å². The maximum atomic E-state index is 12.9. The van der Waals surface area contributed by atoms with Gasteiger partial charge in [0.05, 0.1) is 22.0 Å². The molecule has 0 saturated carbocycles. The molecule has 0 spiro atoms. The van der Waals surface area contributed by atoms with Gasteiger partial charge in [-0.25, -0.2) is 4.79 Å². The Kier molecular flexibility index (Phi) is 5.50. The molecule has 0 radical (unpaired) electrons. The fourth-order valence-electron chi connectivity index (χ4n) is 2.26. The van der Waals surface area contributed by atoms with E-state index in [2.05, 4.69) is 0 Å². The van der Waals surface area contributed by atoms with Crippen molar-refractivity contribution < 1.29 is 28.6 Å². The second-order valence-corrected chi connectivity index (χ2v) is 7.05. The van der Waals surface area contributed by atoms with E-state index in [0.717, 1.165) is 0 Å². The summed E-state index contributed by atoms with van der Waals surface area (Å²) in [6.07, 6.45) is 0. The average molecular weight is 378 g/mol. The quantitative estimate of drug-likeness (QED) is 0.450. The smallest absolute Gasteiger partial charge is 0.344 e. The molecule has 2 aliphatic rings. The first-order chi connectivity index (χ1) is 12.1. The standard InChI is InChI=1S/C17H14O6S2/c1-2-21-14(19)9-22-10-3-4-13-11(7-10)16(20)15(12(18)8-23-13)17-24-5-6-25-17/h3-7H,2,8-9H2,1H3. The Morgan fingerprint density at radius 1 is 1.24 bits per heavy atom. The Morgan fingerprint density at radius 2 is 2.00 bits per heavy atom. The monoisotopic (exact) mass is 378 g/mol. The van der Waals surface area contributed by atoms with Crippen LogP contribution in [0.5, 0.6) is 11.5 Å². The van der Waals surface area contributed by atoms with Crippen LogP contribution in [0.15, 0.2) is 38.8 Å². The minimum Gasteiger partial charge on any atom is -0.485 e. The Bertz CT molecular complexity index is 786. The van der Waals surface area contributed by atoms with E-state index in [-0.39, 0.29) is 36.7 Å². The van der Waals surface area contributed by atoms with Crippen molar-refractivity contribution in [3.05, 3.63) is 44.4 Å². The number of esters is 1. The molecule has 25 heavy (non-hydrogen) atoms. The number of fused-ring (bicyclic) bond motifs is 1. The molecule has 2 aliphatic heterocycles. The molecule has 3 rings (SSSR count). The number of carbonyl (C=O) groups excluding carboxylic acids is 3. The first-order valence-corrected chi connectivity index (χ1v) is 9.22. The summed E-state index contributed by atoms with van der Waals surface area (Å²) < 4.78 is 16.2. The van der Waals surface area contributed by atoms with Crippen molar-refractivity contribution in [1.82, 2.24) is 0 Å². The van der Waals surface area contributed by atoms with Gasteiger partial charge in [-0.05, 0) is 35.9 Å². The van der Waals surface area contributed by atoms with E-state index in [9.17, 15) is 14.4 Å². The van der Waals surface area contributed by atoms with Gasteiger partial charge < -0.3 is 14.2 Å². The van der Waals surface area contributed by atoms with Crippen molar-refractivity contribution in [2.45, 2.75) is 6.92 Å². The molecule has 0 atom stereocenters. The zero-order valence-corrected chi connectivity index (χ0v) is 14.9. The molecular weight excluding hydrogens is 364 g/mol. The van der Waals surface area contributed by atoms with Crippen molar-refractivity contribution in [3.63, 3.8) is 0 Å². The van der Waals surface area contributed by atoms with Gasteiger partial charge in [0.25, 0.3) is 0 Å². The van der Waals surface area contributed by atoms with Crippen LogP contribution in [0.4, 0.5) is 0 Å². The van der Waals surface area contributed by atoms with Gasteiger partial charge in [0.15, 0.2) is 13.2 Å². The first kappa shape index (κ1) is 17.6. The molecule has 0 aliphatic carbocycles. The highest BCUT2D eigenvalue weighted by Gasteiger charge is 2.31. The average Bonchev–Trinajstić information content (AvgIpc) is 3.09. The van der Waals surface area contributed by atoms with Crippen molar-refractivity contribution in [2.24, 2.45) is 0 Å². The number of rotatable bonds is 4. The van der Waals surface area contributed by atoms with Gasteiger partial charge in [-0.3, -0.25) is 9.59 Å². The fourth-order valence-corrected chi connectivity index (χ4v) is 4.15. The van der Waals surface area contributed by atoms with Gasteiger partial charge in [-0.15, -0.1) is 0 Å². The van der Waals surface area contributed by atoms with Crippen LogP contribution in [-0.2, 0) is 14.3 Å². The third-order valence-electron chi connectivity index (χ3n) is 3.33. The summed E-state index contributed by atoms with van der Waals surface area (Å²) in [5, 5.41) is 3.64. The highest BCUT2D eigenvalue weighted by Crippen LogP contribution is 2.42. The first-order valence-electron chi connectivity index (χ1n) is 7.46. The Balaban J connectivity index is 1.88. The minimum absolute atomic E-state index is 0.126. The lowest BCUT2D eigenvalue weighted by molar-refractivity contribution is -0.145. The lowest BCUT2D eigenvalue weighted by Crippen LogP contribution is -2.16. The molecule has 0 unspecified atom stereocenters. The predicted molar refractivity (Wildman–Crippen MR) is 94.8 cm³/mol. The van der Waals surface area contributed by atoms with Crippen LogP contribution >= 0.6 is 23.5 Å². The van der Waals surface area contributed by atoms with Crippen molar-refractivity contribution in [3.8, 4) is 11.5 Å². The Hall–Kier alpha value is -2.19. The summed E-state index contributed by atoms with van der Waals surface area (Å²) in [5.41, 5.74) is 0.365.